The predicted octanol–water partition coefficient (Wildman–Crippen LogP) is 2.60. The molecule has 0 unspecified atom stereocenters. The summed E-state index contributed by atoms with van der Waals surface area (Å²) in [4.78, 5) is 2.72. The molecule has 1 N–H and O–H groups in total. The predicted molar refractivity (Wildman–Crippen MR) is 91.0 cm³/mol. The van der Waals surface area contributed by atoms with Crippen molar-refractivity contribution in [1.82, 2.24) is 9.62 Å². The molecule has 1 aromatic rings. The molecule has 0 atom stereocenters. The molecule has 1 heterocycles. The van der Waals surface area contributed by atoms with Crippen molar-refractivity contribution in [1.29, 1.82) is 0 Å². The number of hydrogen-bond donors (Lipinski definition) is 1. The van der Waals surface area contributed by atoms with E-state index in [0.717, 1.165) is 48.2 Å². The summed E-state index contributed by atoms with van der Waals surface area (Å²) in [7, 11) is -1.39. The van der Waals surface area contributed by atoms with Gasteiger partial charge in [-0.25, -0.2) is 13.1 Å². The van der Waals surface area contributed by atoms with Crippen LogP contribution in [0.4, 0.5) is 0 Å². The summed E-state index contributed by atoms with van der Waals surface area (Å²) >= 11 is 0. The number of likely N-dealkylation sites (tertiary alicyclic amines) is 1. The van der Waals surface area contributed by atoms with E-state index in [-0.39, 0.29) is 6.04 Å². The van der Waals surface area contributed by atoms with Gasteiger partial charge in [-0.2, -0.15) is 0 Å². The highest BCUT2D eigenvalue weighted by Crippen LogP contribution is 2.29. The van der Waals surface area contributed by atoms with Gasteiger partial charge in [-0.15, -0.1) is 0 Å². The van der Waals surface area contributed by atoms with Crippen LogP contribution < -0.4 is 4.72 Å². The van der Waals surface area contributed by atoms with Crippen LogP contribution in [0.5, 0.6) is 0 Å². The molecule has 0 bridgehead atoms. The number of piperidine rings is 1. The summed E-state index contributed by atoms with van der Waals surface area (Å²) in [6.07, 6.45) is 1.75. The third-order valence-corrected chi connectivity index (χ3v) is 7.03. The van der Waals surface area contributed by atoms with Gasteiger partial charge in [0.1, 0.15) is 0 Å². The Morgan fingerprint density at radius 3 is 1.73 bits per heavy atom. The van der Waals surface area contributed by atoms with E-state index >= 15 is 0 Å². The minimum Gasteiger partial charge on any atom is -0.306 e. The Labute approximate surface area is 135 Å². The first-order valence-electron chi connectivity index (χ1n) is 7.93. The summed E-state index contributed by atoms with van der Waals surface area (Å²) in [6, 6.07) is 0.0434. The van der Waals surface area contributed by atoms with E-state index < -0.39 is 10.0 Å². The topological polar surface area (TPSA) is 49.4 Å². The second kappa shape index (κ2) is 6.30. The van der Waals surface area contributed by atoms with E-state index in [1.165, 1.54) is 5.56 Å². The Morgan fingerprint density at radius 2 is 1.27 bits per heavy atom. The molecule has 0 saturated carbocycles. The van der Waals surface area contributed by atoms with Crippen LogP contribution in [0.1, 0.15) is 40.7 Å². The molecule has 0 aromatic heterocycles. The lowest BCUT2D eigenvalue weighted by molar-refractivity contribution is 0.248. The summed E-state index contributed by atoms with van der Waals surface area (Å²) in [5, 5.41) is 0. The minimum atomic E-state index is -3.47. The molecular weight excluding hydrogens is 296 g/mol. The van der Waals surface area contributed by atoms with E-state index in [0.29, 0.717) is 4.90 Å². The van der Waals surface area contributed by atoms with Crippen LogP contribution in [0.25, 0.3) is 0 Å². The quantitative estimate of drug-likeness (QED) is 0.930. The number of nitrogens with one attached hydrogen (secondary N) is 1. The average Bonchev–Trinajstić information content (AvgIpc) is 2.45. The van der Waals surface area contributed by atoms with Crippen LogP contribution in [0, 0.1) is 34.6 Å². The fraction of sp³-hybridized carbons (Fsp3) is 0.647. The zero-order chi connectivity index (χ0) is 16.7. The van der Waals surface area contributed by atoms with Gasteiger partial charge in [0.15, 0.2) is 0 Å². The van der Waals surface area contributed by atoms with E-state index in [1.807, 2.05) is 27.7 Å². The fourth-order valence-corrected chi connectivity index (χ4v) is 5.18. The van der Waals surface area contributed by atoms with Crippen molar-refractivity contribution in [3.63, 3.8) is 0 Å². The molecule has 1 saturated heterocycles. The van der Waals surface area contributed by atoms with E-state index in [1.54, 1.807) is 0 Å². The molecule has 22 heavy (non-hydrogen) atoms. The Balaban J connectivity index is 2.38. The lowest BCUT2D eigenvalue weighted by atomic mass is 9.95. The average molecular weight is 324 g/mol. The van der Waals surface area contributed by atoms with Crippen molar-refractivity contribution in [3.05, 3.63) is 27.8 Å². The molecule has 2 rings (SSSR count). The van der Waals surface area contributed by atoms with Gasteiger partial charge in [0.2, 0.25) is 10.0 Å². The Bertz CT molecular complexity index is 643. The fourth-order valence-electron chi connectivity index (χ4n) is 3.27. The highest BCUT2D eigenvalue weighted by atomic mass is 32.2. The van der Waals surface area contributed by atoms with E-state index in [2.05, 4.69) is 23.6 Å². The summed E-state index contributed by atoms with van der Waals surface area (Å²) in [5.41, 5.74) is 5.09. The number of sulfonamides is 1. The second-order valence-electron chi connectivity index (χ2n) is 6.65. The number of hydrogen-bond acceptors (Lipinski definition) is 3. The zero-order valence-corrected chi connectivity index (χ0v) is 15.4. The van der Waals surface area contributed by atoms with Crippen molar-refractivity contribution < 1.29 is 8.42 Å². The van der Waals surface area contributed by atoms with Gasteiger partial charge < -0.3 is 4.90 Å². The van der Waals surface area contributed by atoms with Crippen molar-refractivity contribution in [3.8, 4) is 0 Å². The van der Waals surface area contributed by atoms with Crippen molar-refractivity contribution in [2.45, 2.75) is 58.4 Å². The lowest BCUT2D eigenvalue weighted by Gasteiger charge is -2.30. The van der Waals surface area contributed by atoms with Gasteiger partial charge in [0.05, 0.1) is 4.90 Å². The standard InChI is InChI=1S/C17H28N2O2S/c1-11-12(2)14(4)17(15(5)13(11)3)22(20,21)18-16-7-9-19(6)10-8-16/h16,18H,7-10H2,1-6H3. The molecule has 1 aliphatic rings. The molecule has 4 nitrogen and oxygen atoms in total. The molecule has 1 aromatic carbocycles. The molecule has 124 valence electrons. The lowest BCUT2D eigenvalue weighted by Crippen LogP contribution is -2.43. The Kier molecular flexibility index (Phi) is 5.00. The summed E-state index contributed by atoms with van der Waals surface area (Å²) < 4.78 is 28.8. The number of benzene rings is 1. The molecular formula is C17H28N2O2S. The Morgan fingerprint density at radius 1 is 0.864 bits per heavy atom. The van der Waals surface area contributed by atoms with Gasteiger partial charge in [-0.1, -0.05) is 0 Å². The normalized spacial score (nSPS) is 17.9. The minimum absolute atomic E-state index is 0.0434. The van der Waals surface area contributed by atoms with Gasteiger partial charge >= 0.3 is 0 Å². The first-order valence-corrected chi connectivity index (χ1v) is 9.41. The molecule has 5 heteroatoms. The molecule has 1 fully saturated rings. The molecule has 1 aliphatic heterocycles. The monoisotopic (exact) mass is 324 g/mol. The molecule has 0 radical (unpaired) electrons. The van der Waals surface area contributed by atoms with Crippen LogP contribution in [0.15, 0.2) is 4.90 Å². The summed E-state index contributed by atoms with van der Waals surface area (Å²) in [6.45, 7) is 11.8. The van der Waals surface area contributed by atoms with Crippen molar-refractivity contribution in [2.24, 2.45) is 0 Å². The molecule has 0 amide bonds. The third-order valence-electron chi connectivity index (χ3n) is 5.24. The zero-order valence-electron chi connectivity index (χ0n) is 14.6. The van der Waals surface area contributed by atoms with Crippen LogP contribution in [0.2, 0.25) is 0 Å². The number of rotatable bonds is 3. The largest absolute Gasteiger partial charge is 0.306 e. The van der Waals surface area contributed by atoms with Crippen molar-refractivity contribution >= 4 is 10.0 Å². The maximum absolute atomic E-state index is 12.9. The van der Waals surface area contributed by atoms with E-state index in [9.17, 15) is 8.42 Å². The van der Waals surface area contributed by atoms with Crippen LogP contribution >= 0.6 is 0 Å². The SMILES string of the molecule is Cc1c(C)c(C)c(S(=O)(=O)NC2CCN(C)CC2)c(C)c1C. The van der Waals surface area contributed by atoms with Gasteiger partial charge in [0.25, 0.3) is 0 Å². The first-order chi connectivity index (χ1) is 10.1. The highest BCUT2D eigenvalue weighted by Gasteiger charge is 2.27. The van der Waals surface area contributed by atoms with Crippen molar-refractivity contribution in [2.75, 3.05) is 20.1 Å². The Hall–Kier alpha value is -0.910. The maximum Gasteiger partial charge on any atom is 0.241 e. The number of nitrogens with zero attached hydrogens (tertiary/aromatic N) is 1. The van der Waals surface area contributed by atoms with E-state index in [4.69, 9.17) is 0 Å². The van der Waals surface area contributed by atoms with Crippen LogP contribution in [-0.2, 0) is 10.0 Å². The smallest absolute Gasteiger partial charge is 0.241 e. The second-order valence-corrected chi connectivity index (χ2v) is 8.30. The molecule has 0 spiro atoms. The van der Waals surface area contributed by atoms with Crippen LogP contribution in [-0.4, -0.2) is 39.5 Å². The third kappa shape index (κ3) is 3.21. The van der Waals surface area contributed by atoms with Crippen LogP contribution in [0.3, 0.4) is 0 Å². The summed E-state index contributed by atoms with van der Waals surface area (Å²) in [5.74, 6) is 0. The highest BCUT2D eigenvalue weighted by molar-refractivity contribution is 7.89. The maximum atomic E-state index is 12.9. The first kappa shape index (κ1) is 17.4. The van der Waals surface area contributed by atoms with Gasteiger partial charge in [0, 0.05) is 6.04 Å². The van der Waals surface area contributed by atoms with Gasteiger partial charge in [-0.3, -0.25) is 0 Å². The molecule has 0 aliphatic carbocycles. The van der Waals surface area contributed by atoms with Gasteiger partial charge in [-0.05, 0) is 95.4 Å².